The van der Waals surface area contributed by atoms with Crippen LogP contribution in [0.2, 0.25) is 10.0 Å². The maximum Gasteiger partial charge on any atom is 0.264 e. The number of rotatable bonds is 10. The molecule has 0 aliphatic heterocycles. The molecular formula is C20H26Cl2N2O5S2. The molecule has 2 rings (SSSR count). The highest BCUT2D eigenvalue weighted by Gasteiger charge is 2.31. The molecule has 7 nitrogen and oxygen atoms in total. The van der Waals surface area contributed by atoms with Crippen LogP contribution >= 0.6 is 23.2 Å². The Kier molecular flexibility index (Phi) is 8.77. The third-order valence-corrected chi connectivity index (χ3v) is 9.15. The molecule has 0 aromatic heterocycles. The van der Waals surface area contributed by atoms with Crippen LogP contribution in [0.25, 0.3) is 0 Å². The highest BCUT2D eigenvalue weighted by atomic mass is 35.5. The Bertz CT molecular complexity index is 1100. The fraction of sp³-hybridized carbons (Fsp3) is 0.400. The van der Waals surface area contributed by atoms with Crippen molar-refractivity contribution in [2.75, 3.05) is 24.2 Å². The van der Waals surface area contributed by atoms with Gasteiger partial charge in [0.1, 0.15) is 0 Å². The first kappa shape index (κ1) is 25.9. The van der Waals surface area contributed by atoms with Crippen LogP contribution in [0.3, 0.4) is 0 Å². The number of hydrogen-bond acceptors (Lipinski definition) is 5. The standard InChI is InChI=1S/C20H26Cl2N2O5S2/c1-15(5-4-12-30(26,27)23(2)3)24(20-13-18(22)7-6-16(20)14-25)31(28,29)19-10-8-17(21)9-11-19/h6-11,13,15,25H,4-5,12,14H2,1-3H3. The third-order valence-electron chi connectivity index (χ3n) is 4.81. The molecule has 0 saturated carbocycles. The van der Waals surface area contributed by atoms with Gasteiger partial charge in [-0.05, 0) is 56.2 Å². The first-order valence-corrected chi connectivity index (χ1v) is 13.3. The quantitative estimate of drug-likeness (QED) is 0.527. The topological polar surface area (TPSA) is 95.0 Å². The smallest absolute Gasteiger partial charge is 0.264 e. The van der Waals surface area contributed by atoms with E-state index < -0.39 is 26.1 Å². The Morgan fingerprint density at radius 2 is 1.55 bits per heavy atom. The van der Waals surface area contributed by atoms with Gasteiger partial charge >= 0.3 is 0 Å². The predicted octanol–water partition coefficient (Wildman–Crippen LogP) is 3.74. The molecule has 0 aliphatic rings. The van der Waals surface area contributed by atoms with Crippen molar-refractivity contribution < 1.29 is 21.9 Å². The Labute approximate surface area is 194 Å². The predicted molar refractivity (Wildman–Crippen MR) is 125 cm³/mol. The number of halogens is 2. The summed E-state index contributed by atoms with van der Waals surface area (Å²) in [5.41, 5.74) is 0.627. The molecular weight excluding hydrogens is 483 g/mol. The highest BCUT2D eigenvalue weighted by Crippen LogP contribution is 2.33. The number of anilines is 1. The van der Waals surface area contributed by atoms with Gasteiger partial charge in [-0.25, -0.2) is 21.1 Å². The summed E-state index contributed by atoms with van der Waals surface area (Å²) in [6.45, 7) is 1.30. The lowest BCUT2D eigenvalue weighted by Gasteiger charge is -2.32. The highest BCUT2D eigenvalue weighted by molar-refractivity contribution is 7.92. The van der Waals surface area contributed by atoms with E-state index in [-0.39, 0.29) is 35.8 Å². The molecule has 2 aromatic rings. The van der Waals surface area contributed by atoms with Gasteiger partial charge in [-0.1, -0.05) is 29.3 Å². The van der Waals surface area contributed by atoms with Gasteiger partial charge in [-0.2, -0.15) is 0 Å². The van der Waals surface area contributed by atoms with Crippen LogP contribution in [0, 0.1) is 0 Å². The molecule has 0 aliphatic carbocycles. The van der Waals surface area contributed by atoms with Crippen LogP contribution < -0.4 is 4.31 Å². The molecule has 172 valence electrons. The summed E-state index contributed by atoms with van der Waals surface area (Å²) in [4.78, 5) is 0.0218. The average molecular weight is 509 g/mol. The Hall–Kier alpha value is -1.36. The van der Waals surface area contributed by atoms with Crippen LogP contribution in [0.4, 0.5) is 5.69 Å². The van der Waals surface area contributed by atoms with E-state index in [4.69, 9.17) is 23.2 Å². The van der Waals surface area contributed by atoms with E-state index in [9.17, 15) is 21.9 Å². The molecule has 1 atom stereocenters. The van der Waals surface area contributed by atoms with Crippen LogP contribution in [0.15, 0.2) is 47.4 Å². The van der Waals surface area contributed by atoms with Gasteiger partial charge in [0.25, 0.3) is 10.0 Å². The molecule has 0 saturated heterocycles. The Morgan fingerprint density at radius 1 is 0.968 bits per heavy atom. The first-order chi connectivity index (χ1) is 14.4. The van der Waals surface area contributed by atoms with E-state index in [0.717, 1.165) is 4.31 Å². The van der Waals surface area contributed by atoms with Gasteiger partial charge < -0.3 is 5.11 Å². The SMILES string of the molecule is CC(CCCS(=O)(=O)N(C)C)N(c1cc(Cl)ccc1CO)S(=O)(=O)c1ccc(Cl)cc1. The van der Waals surface area contributed by atoms with Crippen molar-refractivity contribution in [3.63, 3.8) is 0 Å². The van der Waals surface area contributed by atoms with E-state index in [1.807, 2.05) is 0 Å². The number of aliphatic hydroxyl groups excluding tert-OH is 1. The van der Waals surface area contributed by atoms with Crippen molar-refractivity contribution in [1.82, 2.24) is 4.31 Å². The van der Waals surface area contributed by atoms with E-state index in [2.05, 4.69) is 0 Å². The minimum absolute atomic E-state index is 0.0218. The lowest BCUT2D eigenvalue weighted by atomic mass is 10.1. The Balaban J connectivity index is 2.48. The second kappa shape index (κ2) is 10.5. The number of sulfonamides is 2. The lowest BCUT2D eigenvalue weighted by molar-refractivity contribution is 0.282. The molecule has 1 unspecified atom stereocenters. The van der Waals surface area contributed by atoms with Gasteiger partial charge in [-0.15, -0.1) is 0 Å². The average Bonchev–Trinajstić information content (AvgIpc) is 2.68. The van der Waals surface area contributed by atoms with E-state index in [1.54, 1.807) is 19.1 Å². The maximum atomic E-state index is 13.6. The van der Waals surface area contributed by atoms with Crippen molar-refractivity contribution in [2.24, 2.45) is 0 Å². The Morgan fingerprint density at radius 3 is 2.10 bits per heavy atom. The lowest BCUT2D eigenvalue weighted by Crippen LogP contribution is -2.40. The molecule has 0 radical (unpaired) electrons. The maximum absolute atomic E-state index is 13.6. The molecule has 11 heteroatoms. The van der Waals surface area contributed by atoms with Gasteiger partial charge in [0.15, 0.2) is 0 Å². The van der Waals surface area contributed by atoms with Crippen molar-refractivity contribution in [3.8, 4) is 0 Å². The van der Waals surface area contributed by atoms with Gasteiger partial charge in [0.2, 0.25) is 10.0 Å². The fourth-order valence-electron chi connectivity index (χ4n) is 3.06. The van der Waals surface area contributed by atoms with Crippen LogP contribution in [0.5, 0.6) is 0 Å². The molecule has 0 spiro atoms. The van der Waals surface area contributed by atoms with Crippen LogP contribution in [0.1, 0.15) is 25.3 Å². The van der Waals surface area contributed by atoms with Gasteiger partial charge in [0, 0.05) is 35.7 Å². The zero-order chi connectivity index (χ0) is 23.4. The molecule has 0 fully saturated rings. The summed E-state index contributed by atoms with van der Waals surface area (Å²) < 4.78 is 53.6. The number of hydrogen-bond donors (Lipinski definition) is 1. The summed E-state index contributed by atoms with van der Waals surface area (Å²) >= 11 is 12.0. The van der Waals surface area contributed by atoms with Crippen molar-refractivity contribution >= 4 is 48.9 Å². The normalized spacial score (nSPS) is 13.4. The van der Waals surface area contributed by atoms with E-state index >= 15 is 0 Å². The summed E-state index contributed by atoms with van der Waals surface area (Å²) in [6.07, 6.45) is 0.528. The largest absolute Gasteiger partial charge is 0.392 e. The van der Waals surface area contributed by atoms with E-state index in [0.29, 0.717) is 15.6 Å². The number of benzene rings is 2. The second-order valence-corrected chi connectivity index (χ2v) is 12.3. The minimum Gasteiger partial charge on any atom is -0.392 e. The number of aliphatic hydroxyl groups is 1. The van der Waals surface area contributed by atoms with E-state index in [1.165, 1.54) is 48.7 Å². The molecule has 31 heavy (non-hydrogen) atoms. The zero-order valence-corrected chi connectivity index (χ0v) is 20.6. The first-order valence-electron chi connectivity index (χ1n) is 9.49. The van der Waals surface area contributed by atoms with Crippen molar-refractivity contribution in [3.05, 3.63) is 58.1 Å². The summed E-state index contributed by atoms with van der Waals surface area (Å²) in [7, 11) is -4.56. The van der Waals surface area contributed by atoms with Crippen molar-refractivity contribution in [1.29, 1.82) is 0 Å². The van der Waals surface area contributed by atoms with Crippen LogP contribution in [-0.4, -0.2) is 52.1 Å². The summed E-state index contributed by atoms with van der Waals surface area (Å²) in [6, 6.07) is 9.75. The molecule has 0 bridgehead atoms. The third kappa shape index (κ3) is 6.34. The minimum atomic E-state index is -4.06. The molecule has 0 heterocycles. The van der Waals surface area contributed by atoms with Gasteiger partial charge in [-0.3, -0.25) is 4.31 Å². The summed E-state index contributed by atoms with van der Waals surface area (Å²) in [5, 5.41) is 10.5. The monoisotopic (exact) mass is 508 g/mol. The van der Waals surface area contributed by atoms with Crippen molar-refractivity contribution in [2.45, 2.75) is 37.3 Å². The van der Waals surface area contributed by atoms with Crippen LogP contribution in [-0.2, 0) is 26.7 Å². The molecule has 2 aromatic carbocycles. The second-order valence-electron chi connectivity index (χ2n) is 7.28. The molecule has 1 N–H and O–H groups in total. The van der Waals surface area contributed by atoms with Gasteiger partial charge in [0.05, 0.1) is 22.9 Å². The fourth-order valence-corrected chi connectivity index (χ4v) is 5.96. The number of nitrogens with zero attached hydrogens (tertiary/aromatic N) is 2. The summed E-state index contributed by atoms with van der Waals surface area (Å²) in [5.74, 6) is -0.110. The zero-order valence-electron chi connectivity index (χ0n) is 17.5. The molecule has 0 amide bonds.